The van der Waals surface area contributed by atoms with Gasteiger partial charge in [-0.15, -0.1) is 10.2 Å². The Morgan fingerprint density at radius 3 is 3.00 bits per heavy atom. The van der Waals surface area contributed by atoms with Crippen LogP contribution >= 0.6 is 0 Å². The monoisotopic (exact) mass is 181 g/mol. The molecule has 0 aliphatic carbocycles. The molecule has 0 saturated heterocycles. The van der Waals surface area contributed by atoms with Gasteiger partial charge in [-0.2, -0.15) is 4.73 Å². The van der Waals surface area contributed by atoms with E-state index in [9.17, 15) is 0 Å². The van der Waals surface area contributed by atoms with Gasteiger partial charge in [-0.3, -0.25) is 0 Å². The Morgan fingerprint density at radius 2 is 2.31 bits per heavy atom. The molecule has 1 atom stereocenters. The normalized spacial score (nSPS) is 22.2. The van der Waals surface area contributed by atoms with Crippen LogP contribution in [0.2, 0.25) is 0 Å². The zero-order valence-electron chi connectivity index (χ0n) is 8.32. The topological polar surface area (TPSA) is 39.9 Å². The summed E-state index contributed by atoms with van der Waals surface area (Å²) in [6, 6.07) is 0. The lowest BCUT2D eigenvalue weighted by Crippen LogP contribution is -2.31. The van der Waals surface area contributed by atoms with Crippen LogP contribution in [0, 0.1) is 5.41 Å². The second kappa shape index (κ2) is 2.72. The van der Waals surface area contributed by atoms with Crippen LogP contribution in [0.15, 0.2) is 6.33 Å². The Morgan fingerprint density at radius 1 is 1.54 bits per heavy atom. The van der Waals surface area contributed by atoms with Crippen molar-refractivity contribution in [1.82, 2.24) is 14.9 Å². The largest absolute Gasteiger partial charge is 0.411 e. The van der Waals surface area contributed by atoms with Gasteiger partial charge in [-0.05, 0) is 11.8 Å². The molecule has 0 amide bonds. The Hall–Kier alpha value is -1.06. The van der Waals surface area contributed by atoms with E-state index in [1.54, 1.807) is 11.1 Å². The Balaban J connectivity index is 2.35. The third-order valence-corrected chi connectivity index (χ3v) is 2.54. The van der Waals surface area contributed by atoms with Crippen LogP contribution < -0.4 is 4.84 Å². The highest BCUT2D eigenvalue weighted by Crippen LogP contribution is 2.37. The molecule has 0 aromatic carbocycles. The molecule has 1 aliphatic rings. The second-order valence-corrected chi connectivity index (χ2v) is 4.56. The number of rotatable bonds is 0. The van der Waals surface area contributed by atoms with Crippen molar-refractivity contribution in [3.63, 3.8) is 0 Å². The number of aromatic nitrogens is 3. The highest BCUT2D eigenvalue weighted by atomic mass is 16.7. The minimum Gasteiger partial charge on any atom is -0.411 e. The van der Waals surface area contributed by atoms with Gasteiger partial charge in [-0.1, -0.05) is 20.8 Å². The maximum atomic E-state index is 5.38. The first kappa shape index (κ1) is 8.53. The summed E-state index contributed by atoms with van der Waals surface area (Å²) in [5.74, 6) is 1.41. The van der Waals surface area contributed by atoms with Crippen LogP contribution in [-0.2, 0) is 0 Å². The van der Waals surface area contributed by atoms with Crippen LogP contribution in [-0.4, -0.2) is 21.5 Å². The molecule has 1 unspecified atom stereocenters. The van der Waals surface area contributed by atoms with E-state index in [4.69, 9.17) is 4.84 Å². The Labute approximate surface area is 77.9 Å². The van der Waals surface area contributed by atoms with Crippen LogP contribution in [0.25, 0.3) is 0 Å². The van der Waals surface area contributed by atoms with E-state index in [0.717, 1.165) is 18.9 Å². The summed E-state index contributed by atoms with van der Waals surface area (Å²) in [5, 5.41) is 7.95. The molecule has 1 aliphatic heterocycles. The summed E-state index contributed by atoms with van der Waals surface area (Å²) >= 11 is 0. The molecule has 0 bridgehead atoms. The summed E-state index contributed by atoms with van der Waals surface area (Å²) in [5.41, 5.74) is 0.231. The molecule has 0 radical (unpaired) electrons. The Bertz CT molecular complexity index is 300. The fraction of sp³-hybridized carbons (Fsp3) is 0.778. The summed E-state index contributed by atoms with van der Waals surface area (Å²) in [7, 11) is 0. The third kappa shape index (κ3) is 1.41. The average Bonchev–Trinajstić information content (AvgIpc) is 2.48. The Kier molecular flexibility index (Phi) is 1.78. The van der Waals surface area contributed by atoms with Gasteiger partial charge in [0.05, 0.1) is 0 Å². The van der Waals surface area contributed by atoms with E-state index in [1.165, 1.54) is 0 Å². The van der Waals surface area contributed by atoms with E-state index in [0.29, 0.717) is 5.92 Å². The van der Waals surface area contributed by atoms with Crippen molar-refractivity contribution in [3.8, 4) is 0 Å². The van der Waals surface area contributed by atoms with Gasteiger partial charge in [0, 0.05) is 5.92 Å². The summed E-state index contributed by atoms with van der Waals surface area (Å²) < 4.78 is 1.69. The van der Waals surface area contributed by atoms with E-state index < -0.39 is 0 Å². The van der Waals surface area contributed by atoms with Gasteiger partial charge >= 0.3 is 0 Å². The molecular weight excluding hydrogens is 166 g/mol. The predicted molar refractivity (Wildman–Crippen MR) is 48.3 cm³/mol. The summed E-state index contributed by atoms with van der Waals surface area (Å²) in [4.78, 5) is 5.38. The van der Waals surface area contributed by atoms with Gasteiger partial charge < -0.3 is 4.84 Å². The first-order chi connectivity index (χ1) is 6.09. The molecule has 1 aromatic rings. The van der Waals surface area contributed by atoms with Crippen LogP contribution in [0.3, 0.4) is 0 Å². The molecule has 0 N–H and O–H groups in total. The number of nitrogens with zero attached hydrogens (tertiary/aromatic N) is 3. The molecule has 13 heavy (non-hydrogen) atoms. The molecule has 4 heteroatoms. The molecular formula is C9H15N3O. The van der Waals surface area contributed by atoms with Crippen LogP contribution in [0.5, 0.6) is 0 Å². The first-order valence-corrected chi connectivity index (χ1v) is 4.62. The molecule has 4 nitrogen and oxygen atoms in total. The van der Waals surface area contributed by atoms with Crippen molar-refractivity contribution in [2.45, 2.75) is 33.1 Å². The van der Waals surface area contributed by atoms with Crippen molar-refractivity contribution >= 4 is 0 Å². The van der Waals surface area contributed by atoms with Crippen molar-refractivity contribution < 1.29 is 4.84 Å². The average molecular weight is 181 g/mol. The maximum absolute atomic E-state index is 5.38. The lowest BCUT2D eigenvalue weighted by Gasteiger charge is -2.32. The van der Waals surface area contributed by atoms with E-state index in [-0.39, 0.29) is 5.41 Å². The zero-order chi connectivity index (χ0) is 9.47. The van der Waals surface area contributed by atoms with Gasteiger partial charge in [0.25, 0.3) is 0 Å². The van der Waals surface area contributed by atoms with E-state index >= 15 is 0 Å². The highest BCUT2D eigenvalue weighted by molar-refractivity contribution is 5.02. The minimum absolute atomic E-state index is 0.231. The number of fused-ring (bicyclic) bond motifs is 1. The number of hydrogen-bond acceptors (Lipinski definition) is 3. The van der Waals surface area contributed by atoms with Crippen molar-refractivity contribution in [2.24, 2.45) is 5.41 Å². The van der Waals surface area contributed by atoms with Gasteiger partial charge in [0.2, 0.25) is 0 Å². The fourth-order valence-electron chi connectivity index (χ4n) is 1.78. The zero-order valence-corrected chi connectivity index (χ0v) is 8.32. The van der Waals surface area contributed by atoms with Crippen molar-refractivity contribution in [2.75, 3.05) is 6.61 Å². The molecule has 2 rings (SSSR count). The first-order valence-electron chi connectivity index (χ1n) is 4.62. The SMILES string of the molecule is CC(C)(C)C1CCOn2cnnc21. The van der Waals surface area contributed by atoms with Gasteiger partial charge in [0.15, 0.2) is 12.2 Å². The molecule has 0 fully saturated rings. The van der Waals surface area contributed by atoms with E-state index in [1.807, 2.05) is 0 Å². The van der Waals surface area contributed by atoms with E-state index in [2.05, 4.69) is 31.0 Å². The van der Waals surface area contributed by atoms with Gasteiger partial charge in [0.1, 0.15) is 6.61 Å². The predicted octanol–water partition coefficient (Wildman–Crippen LogP) is 1.24. The molecule has 0 spiro atoms. The molecule has 0 saturated carbocycles. The molecule has 72 valence electrons. The lowest BCUT2D eigenvalue weighted by molar-refractivity contribution is 0.0474. The third-order valence-electron chi connectivity index (χ3n) is 2.54. The number of hydrogen-bond donors (Lipinski definition) is 0. The minimum atomic E-state index is 0.231. The summed E-state index contributed by atoms with van der Waals surface area (Å²) in [6.07, 6.45) is 2.66. The smallest absolute Gasteiger partial charge is 0.172 e. The highest BCUT2D eigenvalue weighted by Gasteiger charge is 2.33. The maximum Gasteiger partial charge on any atom is 0.172 e. The fourth-order valence-corrected chi connectivity index (χ4v) is 1.78. The van der Waals surface area contributed by atoms with Crippen molar-refractivity contribution in [3.05, 3.63) is 12.2 Å². The quantitative estimate of drug-likeness (QED) is 0.604. The molecule has 2 heterocycles. The van der Waals surface area contributed by atoms with Crippen molar-refractivity contribution in [1.29, 1.82) is 0 Å². The van der Waals surface area contributed by atoms with Gasteiger partial charge in [-0.25, -0.2) is 0 Å². The standard InChI is InChI=1S/C9H15N3O/c1-9(2,3)7-4-5-13-12-6-10-11-8(7)12/h6-7H,4-5H2,1-3H3. The summed E-state index contributed by atoms with van der Waals surface area (Å²) in [6.45, 7) is 7.43. The molecule has 1 aromatic heterocycles. The lowest BCUT2D eigenvalue weighted by atomic mass is 9.78. The second-order valence-electron chi connectivity index (χ2n) is 4.56. The van der Waals surface area contributed by atoms with Crippen LogP contribution in [0.4, 0.5) is 0 Å². The van der Waals surface area contributed by atoms with Crippen LogP contribution in [0.1, 0.15) is 38.9 Å².